The van der Waals surface area contributed by atoms with Gasteiger partial charge in [-0.15, -0.1) is 0 Å². The number of aliphatic carboxylic acids is 1. The third-order valence-electron chi connectivity index (χ3n) is 2.71. The predicted molar refractivity (Wildman–Crippen MR) is 68.5 cm³/mol. The van der Waals surface area contributed by atoms with Crippen molar-refractivity contribution in [2.45, 2.75) is 45.7 Å². The topological polar surface area (TPSA) is 71.3 Å². The largest absolute Gasteiger partial charge is 0.480 e. The molecule has 0 fully saturated rings. The molecule has 1 heterocycles. The number of carboxylic acid groups (broad SMARTS) is 1. The number of carbonyl (C=O) groups excluding carboxylic acids is 1. The second-order valence-corrected chi connectivity index (χ2v) is 4.24. The Kier molecular flexibility index (Phi) is 5.42. The van der Waals surface area contributed by atoms with Crippen LogP contribution in [-0.2, 0) is 11.3 Å². The second kappa shape index (κ2) is 6.83. The fourth-order valence-corrected chi connectivity index (χ4v) is 1.83. The molecular weight excluding hydrogens is 232 g/mol. The first-order chi connectivity index (χ1) is 8.60. The Morgan fingerprint density at radius 1 is 1.39 bits per heavy atom. The van der Waals surface area contributed by atoms with Crippen LogP contribution in [0.1, 0.15) is 43.6 Å². The fraction of sp³-hybridized carbons (Fsp3) is 0.538. The highest BCUT2D eigenvalue weighted by Crippen LogP contribution is 2.05. The van der Waals surface area contributed by atoms with Crippen molar-refractivity contribution in [3.63, 3.8) is 0 Å². The first-order valence-corrected chi connectivity index (χ1v) is 6.29. The van der Waals surface area contributed by atoms with E-state index in [1.165, 1.54) is 0 Å². The number of aromatic nitrogens is 1. The van der Waals surface area contributed by atoms with Gasteiger partial charge in [0.1, 0.15) is 11.7 Å². The van der Waals surface area contributed by atoms with Gasteiger partial charge in [0, 0.05) is 12.7 Å². The van der Waals surface area contributed by atoms with Gasteiger partial charge in [-0.1, -0.05) is 20.3 Å². The first-order valence-electron chi connectivity index (χ1n) is 6.29. The third-order valence-corrected chi connectivity index (χ3v) is 2.71. The van der Waals surface area contributed by atoms with E-state index in [4.69, 9.17) is 5.11 Å². The monoisotopic (exact) mass is 252 g/mol. The summed E-state index contributed by atoms with van der Waals surface area (Å²) >= 11 is 0. The average molecular weight is 252 g/mol. The minimum atomic E-state index is -0.987. The molecule has 0 radical (unpaired) electrons. The zero-order valence-corrected chi connectivity index (χ0v) is 10.8. The van der Waals surface area contributed by atoms with Crippen LogP contribution >= 0.6 is 0 Å². The summed E-state index contributed by atoms with van der Waals surface area (Å²) in [5, 5.41) is 11.6. The molecule has 2 N–H and O–H groups in total. The van der Waals surface area contributed by atoms with Crippen molar-refractivity contribution in [2.24, 2.45) is 0 Å². The van der Waals surface area contributed by atoms with E-state index >= 15 is 0 Å². The highest BCUT2D eigenvalue weighted by Gasteiger charge is 2.20. The molecule has 0 aliphatic carbocycles. The normalized spacial score (nSPS) is 12.1. The molecule has 0 bridgehead atoms. The van der Waals surface area contributed by atoms with Gasteiger partial charge < -0.3 is 15.0 Å². The average Bonchev–Trinajstić information content (AvgIpc) is 2.77. The smallest absolute Gasteiger partial charge is 0.326 e. The van der Waals surface area contributed by atoms with Crippen LogP contribution < -0.4 is 5.32 Å². The summed E-state index contributed by atoms with van der Waals surface area (Å²) in [6.45, 7) is 4.67. The SMILES string of the molecule is CCCC(NC(=O)c1cccn1CCC)C(=O)O. The lowest BCUT2D eigenvalue weighted by Crippen LogP contribution is -2.41. The van der Waals surface area contributed by atoms with Gasteiger partial charge >= 0.3 is 5.97 Å². The maximum Gasteiger partial charge on any atom is 0.326 e. The molecule has 1 amide bonds. The molecule has 5 heteroatoms. The fourth-order valence-electron chi connectivity index (χ4n) is 1.83. The number of nitrogens with one attached hydrogen (secondary N) is 1. The minimum absolute atomic E-state index is 0.325. The summed E-state index contributed by atoms with van der Waals surface area (Å²) in [5.74, 6) is -1.31. The number of nitrogens with zero attached hydrogens (tertiary/aromatic N) is 1. The molecule has 18 heavy (non-hydrogen) atoms. The Morgan fingerprint density at radius 3 is 2.67 bits per heavy atom. The Labute approximate surface area is 107 Å². The van der Waals surface area contributed by atoms with Crippen LogP contribution in [-0.4, -0.2) is 27.6 Å². The Hall–Kier alpha value is -1.78. The molecule has 0 saturated carbocycles. The Bertz CT molecular complexity index is 412. The number of carbonyl (C=O) groups is 2. The van der Waals surface area contributed by atoms with Crippen molar-refractivity contribution >= 4 is 11.9 Å². The quantitative estimate of drug-likeness (QED) is 0.778. The van der Waals surface area contributed by atoms with Crippen LogP contribution in [0.25, 0.3) is 0 Å². The summed E-state index contributed by atoms with van der Waals surface area (Å²) in [5.41, 5.74) is 0.513. The van der Waals surface area contributed by atoms with Gasteiger partial charge in [0.15, 0.2) is 0 Å². The van der Waals surface area contributed by atoms with Crippen molar-refractivity contribution in [1.29, 1.82) is 0 Å². The molecule has 1 aromatic heterocycles. The third kappa shape index (κ3) is 3.61. The van der Waals surface area contributed by atoms with Gasteiger partial charge in [0.25, 0.3) is 5.91 Å². The van der Waals surface area contributed by atoms with Gasteiger partial charge in [-0.2, -0.15) is 0 Å². The molecule has 0 spiro atoms. The Morgan fingerprint density at radius 2 is 2.11 bits per heavy atom. The van der Waals surface area contributed by atoms with Gasteiger partial charge in [-0.05, 0) is 25.0 Å². The van der Waals surface area contributed by atoms with Crippen LogP contribution in [0.5, 0.6) is 0 Å². The molecule has 1 aromatic rings. The van der Waals surface area contributed by atoms with Gasteiger partial charge in [-0.3, -0.25) is 4.79 Å². The van der Waals surface area contributed by atoms with Crippen LogP contribution in [0.15, 0.2) is 18.3 Å². The number of carboxylic acids is 1. The summed E-state index contributed by atoms with van der Waals surface area (Å²) in [6.07, 6.45) is 3.91. The zero-order chi connectivity index (χ0) is 13.5. The molecule has 100 valence electrons. The number of aryl methyl sites for hydroxylation is 1. The summed E-state index contributed by atoms with van der Waals surface area (Å²) in [7, 11) is 0. The van der Waals surface area contributed by atoms with Crippen molar-refractivity contribution < 1.29 is 14.7 Å². The van der Waals surface area contributed by atoms with Crippen LogP contribution in [0.2, 0.25) is 0 Å². The standard InChI is InChI=1S/C13H20N2O3/c1-3-6-10(13(17)18)14-12(16)11-7-5-9-15(11)8-4-2/h5,7,9-10H,3-4,6,8H2,1-2H3,(H,14,16)(H,17,18). The van der Waals surface area contributed by atoms with E-state index in [0.717, 1.165) is 13.0 Å². The van der Waals surface area contributed by atoms with E-state index in [1.54, 1.807) is 12.1 Å². The molecule has 1 atom stereocenters. The van der Waals surface area contributed by atoms with Crippen LogP contribution in [0.4, 0.5) is 0 Å². The Balaban J connectivity index is 2.74. The lowest BCUT2D eigenvalue weighted by Gasteiger charge is -2.14. The van der Waals surface area contributed by atoms with Crippen molar-refractivity contribution in [3.05, 3.63) is 24.0 Å². The highest BCUT2D eigenvalue weighted by atomic mass is 16.4. The summed E-state index contributed by atoms with van der Waals surface area (Å²) in [4.78, 5) is 23.0. The van der Waals surface area contributed by atoms with E-state index in [0.29, 0.717) is 18.5 Å². The maximum atomic E-state index is 12.0. The molecule has 1 unspecified atom stereocenters. The molecule has 0 aliphatic heterocycles. The van der Waals surface area contributed by atoms with E-state index in [1.807, 2.05) is 24.6 Å². The molecular formula is C13H20N2O3. The number of hydrogen-bond donors (Lipinski definition) is 2. The lowest BCUT2D eigenvalue weighted by molar-refractivity contribution is -0.139. The van der Waals surface area contributed by atoms with E-state index in [9.17, 15) is 9.59 Å². The molecule has 0 saturated heterocycles. The number of amides is 1. The number of rotatable bonds is 7. The van der Waals surface area contributed by atoms with Crippen LogP contribution in [0, 0.1) is 0 Å². The summed E-state index contributed by atoms with van der Waals surface area (Å²) in [6, 6.07) is 2.68. The molecule has 1 rings (SSSR count). The number of hydrogen-bond acceptors (Lipinski definition) is 2. The minimum Gasteiger partial charge on any atom is -0.480 e. The second-order valence-electron chi connectivity index (χ2n) is 4.24. The first kappa shape index (κ1) is 14.3. The van der Waals surface area contributed by atoms with E-state index in [-0.39, 0.29) is 5.91 Å². The highest BCUT2D eigenvalue weighted by molar-refractivity contribution is 5.95. The van der Waals surface area contributed by atoms with Gasteiger partial charge in [0.05, 0.1) is 0 Å². The summed E-state index contributed by atoms with van der Waals surface area (Å²) < 4.78 is 1.83. The van der Waals surface area contributed by atoms with Crippen LogP contribution in [0.3, 0.4) is 0 Å². The molecule has 5 nitrogen and oxygen atoms in total. The van der Waals surface area contributed by atoms with E-state index in [2.05, 4.69) is 5.32 Å². The predicted octanol–water partition coefficient (Wildman–Crippen LogP) is 1.88. The van der Waals surface area contributed by atoms with Crippen molar-refractivity contribution in [2.75, 3.05) is 0 Å². The van der Waals surface area contributed by atoms with Gasteiger partial charge in [0.2, 0.25) is 0 Å². The van der Waals surface area contributed by atoms with Crippen molar-refractivity contribution in [3.8, 4) is 0 Å². The molecule has 0 aliphatic rings. The van der Waals surface area contributed by atoms with Crippen molar-refractivity contribution in [1.82, 2.24) is 9.88 Å². The van der Waals surface area contributed by atoms with E-state index < -0.39 is 12.0 Å². The lowest BCUT2D eigenvalue weighted by atomic mass is 10.1. The maximum absolute atomic E-state index is 12.0. The molecule has 0 aromatic carbocycles. The van der Waals surface area contributed by atoms with Gasteiger partial charge in [-0.25, -0.2) is 4.79 Å². The zero-order valence-electron chi connectivity index (χ0n) is 10.8.